The van der Waals surface area contributed by atoms with Crippen molar-refractivity contribution in [3.8, 4) is 0 Å². The normalized spacial score (nSPS) is 17.5. The van der Waals surface area contributed by atoms with Crippen LogP contribution in [0.2, 0.25) is 0 Å². The Morgan fingerprint density at radius 2 is 2.15 bits per heavy atom. The molecule has 0 aliphatic carbocycles. The quantitative estimate of drug-likeness (QED) is 0.864. The zero-order chi connectivity index (χ0) is 14.4. The van der Waals surface area contributed by atoms with Crippen molar-refractivity contribution in [2.75, 3.05) is 31.6 Å². The second-order valence-corrected chi connectivity index (χ2v) is 5.54. The number of rotatable bonds is 5. The Kier molecular flexibility index (Phi) is 4.95. The molecule has 0 spiro atoms. The summed E-state index contributed by atoms with van der Waals surface area (Å²) in [7, 11) is 0. The Bertz CT molecular complexity index is 456. The summed E-state index contributed by atoms with van der Waals surface area (Å²) in [6.07, 6.45) is 1.97. The molecule has 5 heteroatoms. The summed E-state index contributed by atoms with van der Waals surface area (Å²) < 4.78 is 5.37. The van der Waals surface area contributed by atoms with Crippen LogP contribution in [0.3, 0.4) is 0 Å². The topological polar surface area (TPSA) is 63.2 Å². The standard InChI is InChI=1S/C15H23N3O2/c1-3-16-13-6-4-5-12(18-13)14(19)17-11-15(2)7-9-20-10-8-15/h4-6H,3,7-11H2,1-2H3,(H,16,18)(H,17,19). The largest absolute Gasteiger partial charge is 0.381 e. The van der Waals surface area contributed by atoms with E-state index in [2.05, 4.69) is 22.5 Å². The van der Waals surface area contributed by atoms with Gasteiger partial charge in [-0.15, -0.1) is 0 Å². The molecule has 1 fully saturated rings. The number of ether oxygens (including phenoxy) is 1. The number of anilines is 1. The van der Waals surface area contributed by atoms with Crippen LogP contribution < -0.4 is 10.6 Å². The molecular formula is C15H23N3O2. The number of hydrogen-bond donors (Lipinski definition) is 2. The third-order valence-electron chi connectivity index (χ3n) is 3.72. The van der Waals surface area contributed by atoms with E-state index in [0.717, 1.165) is 38.4 Å². The van der Waals surface area contributed by atoms with Gasteiger partial charge in [-0.3, -0.25) is 4.79 Å². The van der Waals surface area contributed by atoms with Gasteiger partial charge >= 0.3 is 0 Å². The molecule has 2 heterocycles. The van der Waals surface area contributed by atoms with Crippen molar-refractivity contribution in [3.05, 3.63) is 23.9 Å². The molecule has 0 unspecified atom stereocenters. The highest BCUT2D eigenvalue weighted by Crippen LogP contribution is 2.28. The summed E-state index contributed by atoms with van der Waals surface area (Å²) in [5, 5.41) is 6.10. The highest BCUT2D eigenvalue weighted by molar-refractivity contribution is 5.92. The van der Waals surface area contributed by atoms with E-state index >= 15 is 0 Å². The Morgan fingerprint density at radius 3 is 2.85 bits per heavy atom. The molecule has 0 aromatic carbocycles. The van der Waals surface area contributed by atoms with Crippen LogP contribution in [-0.2, 0) is 4.74 Å². The minimum Gasteiger partial charge on any atom is -0.381 e. The van der Waals surface area contributed by atoms with E-state index in [9.17, 15) is 4.79 Å². The highest BCUT2D eigenvalue weighted by Gasteiger charge is 2.27. The van der Waals surface area contributed by atoms with E-state index in [1.165, 1.54) is 0 Å². The van der Waals surface area contributed by atoms with Crippen molar-refractivity contribution in [2.45, 2.75) is 26.7 Å². The van der Waals surface area contributed by atoms with Gasteiger partial charge in [0.2, 0.25) is 0 Å². The van der Waals surface area contributed by atoms with Crippen LogP contribution in [0.5, 0.6) is 0 Å². The number of amides is 1. The number of pyridine rings is 1. The maximum atomic E-state index is 12.2. The Labute approximate surface area is 120 Å². The summed E-state index contributed by atoms with van der Waals surface area (Å²) >= 11 is 0. The molecule has 0 atom stereocenters. The zero-order valence-electron chi connectivity index (χ0n) is 12.2. The SMILES string of the molecule is CCNc1cccc(C(=O)NCC2(C)CCOCC2)n1. The number of aromatic nitrogens is 1. The van der Waals surface area contributed by atoms with Gasteiger partial charge in [0.25, 0.3) is 5.91 Å². The minimum atomic E-state index is -0.113. The van der Waals surface area contributed by atoms with Crippen LogP contribution in [0, 0.1) is 5.41 Å². The lowest BCUT2D eigenvalue weighted by Crippen LogP contribution is -2.39. The summed E-state index contributed by atoms with van der Waals surface area (Å²) in [4.78, 5) is 16.5. The molecule has 1 aromatic heterocycles. The van der Waals surface area contributed by atoms with E-state index in [-0.39, 0.29) is 11.3 Å². The Balaban J connectivity index is 1.92. The molecule has 5 nitrogen and oxygen atoms in total. The van der Waals surface area contributed by atoms with E-state index in [1.807, 2.05) is 19.1 Å². The van der Waals surface area contributed by atoms with Gasteiger partial charge < -0.3 is 15.4 Å². The molecule has 1 aromatic rings. The van der Waals surface area contributed by atoms with Crippen LogP contribution >= 0.6 is 0 Å². The molecule has 2 N–H and O–H groups in total. The molecule has 2 rings (SSSR count). The Morgan fingerprint density at radius 1 is 1.40 bits per heavy atom. The van der Waals surface area contributed by atoms with Crippen molar-refractivity contribution in [2.24, 2.45) is 5.41 Å². The lowest BCUT2D eigenvalue weighted by atomic mass is 9.82. The molecule has 110 valence electrons. The van der Waals surface area contributed by atoms with Crippen molar-refractivity contribution in [3.63, 3.8) is 0 Å². The first kappa shape index (κ1) is 14.8. The zero-order valence-corrected chi connectivity index (χ0v) is 12.2. The first-order valence-corrected chi connectivity index (χ1v) is 7.20. The van der Waals surface area contributed by atoms with Gasteiger partial charge in [-0.1, -0.05) is 13.0 Å². The molecule has 1 saturated heterocycles. The first-order valence-electron chi connectivity index (χ1n) is 7.20. The second-order valence-electron chi connectivity index (χ2n) is 5.54. The van der Waals surface area contributed by atoms with Gasteiger partial charge in [-0.2, -0.15) is 0 Å². The molecular weight excluding hydrogens is 254 g/mol. The number of carbonyl (C=O) groups excluding carboxylic acids is 1. The summed E-state index contributed by atoms with van der Waals surface area (Å²) in [6, 6.07) is 5.44. The first-order chi connectivity index (χ1) is 9.63. The van der Waals surface area contributed by atoms with Crippen LogP contribution in [0.4, 0.5) is 5.82 Å². The Hall–Kier alpha value is -1.62. The fourth-order valence-electron chi connectivity index (χ4n) is 2.27. The van der Waals surface area contributed by atoms with E-state index in [4.69, 9.17) is 4.74 Å². The predicted octanol–water partition coefficient (Wildman–Crippen LogP) is 2.06. The molecule has 0 radical (unpaired) electrons. The summed E-state index contributed by atoms with van der Waals surface area (Å²) in [6.45, 7) is 7.21. The van der Waals surface area contributed by atoms with Crippen molar-refractivity contribution < 1.29 is 9.53 Å². The van der Waals surface area contributed by atoms with Crippen LogP contribution in [0.15, 0.2) is 18.2 Å². The summed E-state index contributed by atoms with van der Waals surface area (Å²) in [5.74, 6) is 0.620. The fraction of sp³-hybridized carbons (Fsp3) is 0.600. The lowest BCUT2D eigenvalue weighted by Gasteiger charge is -2.33. The molecule has 1 aliphatic rings. The van der Waals surface area contributed by atoms with E-state index in [0.29, 0.717) is 12.2 Å². The second kappa shape index (κ2) is 6.70. The van der Waals surface area contributed by atoms with Crippen molar-refractivity contribution in [1.29, 1.82) is 0 Å². The van der Waals surface area contributed by atoms with Crippen LogP contribution in [0.25, 0.3) is 0 Å². The van der Waals surface area contributed by atoms with E-state index in [1.54, 1.807) is 6.07 Å². The highest BCUT2D eigenvalue weighted by atomic mass is 16.5. The maximum Gasteiger partial charge on any atom is 0.269 e. The third kappa shape index (κ3) is 3.93. The molecule has 1 amide bonds. The number of carbonyl (C=O) groups is 1. The number of nitrogens with one attached hydrogen (secondary N) is 2. The number of nitrogens with zero attached hydrogens (tertiary/aromatic N) is 1. The fourth-order valence-corrected chi connectivity index (χ4v) is 2.27. The van der Waals surface area contributed by atoms with Crippen molar-refractivity contribution >= 4 is 11.7 Å². The van der Waals surface area contributed by atoms with Gasteiger partial charge in [-0.25, -0.2) is 4.98 Å². The maximum absolute atomic E-state index is 12.2. The lowest BCUT2D eigenvalue weighted by molar-refractivity contribution is 0.0238. The smallest absolute Gasteiger partial charge is 0.269 e. The van der Waals surface area contributed by atoms with Crippen LogP contribution in [0.1, 0.15) is 37.2 Å². The summed E-state index contributed by atoms with van der Waals surface area (Å²) in [5.41, 5.74) is 0.590. The van der Waals surface area contributed by atoms with Gasteiger partial charge in [0, 0.05) is 26.3 Å². The molecule has 20 heavy (non-hydrogen) atoms. The third-order valence-corrected chi connectivity index (χ3v) is 3.72. The molecule has 0 bridgehead atoms. The van der Waals surface area contributed by atoms with Gasteiger partial charge in [0.1, 0.15) is 11.5 Å². The number of hydrogen-bond acceptors (Lipinski definition) is 4. The van der Waals surface area contributed by atoms with Crippen LogP contribution in [-0.4, -0.2) is 37.2 Å². The van der Waals surface area contributed by atoms with Gasteiger partial charge in [0.05, 0.1) is 0 Å². The average molecular weight is 277 g/mol. The minimum absolute atomic E-state index is 0.113. The monoisotopic (exact) mass is 277 g/mol. The van der Waals surface area contributed by atoms with Crippen molar-refractivity contribution in [1.82, 2.24) is 10.3 Å². The van der Waals surface area contributed by atoms with Gasteiger partial charge in [0.15, 0.2) is 0 Å². The van der Waals surface area contributed by atoms with E-state index < -0.39 is 0 Å². The molecule has 1 aliphatic heterocycles. The average Bonchev–Trinajstić information content (AvgIpc) is 2.46. The predicted molar refractivity (Wildman–Crippen MR) is 78.9 cm³/mol. The van der Waals surface area contributed by atoms with Gasteiger partial charge in [-0.05, 0) is 37.3 Å². The molecule has 0 saturated carbocycles.